The lowest BCUT2D eigenvalue weighted by molar-refractivity contribution is 0.109. The molecule has 3 heteroatoms. The van der Waals surface area contributed by atoms with Crippen LogP contribution in [0.3, 0.4) is 0 Å². The van der Waals surface area contributed by atoms with Crippen molar-refractivity contribution in [1.29, 1.82) is 5.26 Å². The van der Waals surface area contributed by atoms with Crippen molar-refractivity contribution < 1.29 is 4.74 Å². The van der Waals surface area contributed by atoms with E-state index < -0.39 is 0 Å². The smallest absolute Gasteiger partial charge is 0.109 e. The quantitative estimate of drug-likeness (QED) is 0.661. The van der Waals surface area contributed by atoms with Crippen LogP contribution in [0.15, 0.2) is 0 Å². The van der Waals surface area contributed by atoms with E-state index in [0.717, 1.165) is 45.4 Å². The topological polar surface area (TPSA) is 45.0 Å². The number of ether oxygens (including phenoxy) is 1. The van der Waals surface area contributed by atoms with Gasteiger partial charge in [-0.05, 0) is 38.1 Å². The summed E-state index contributed by atoms with van der Waals surface area (Å²) in [4.78, 5) is 0. The van der Waals surface area contributed by atoms with Gasteiger partial charge in [0.1, 0.15) is 5.54 Å². The maximum Gasteiger partial charge on any atom is 0.109 e. The van der Waals surface area contributed by atoms with Crippen LogP contribution < -0.4 is 5.32 Å². The first-order valence-electron chi connectivity index (χ1n) is 7.03. The van der Waals surface area contributed by atoms with Gasteiger partial charge in [-0.2, -0.15) is 5.26 Å². The summed E-state index contributed by atoms with van der Waals surface area (Å²) in [5, 5.41) is 12.8. The maximum absolute atomic E-state index is 9.41. The Balaban J connectivity index is 2.33. The fraction of sp³-hybridized carbons (Fsp3) is 0.929. The van der Waals surface area contributed by atoms with Gasteiger partial charge in [-0.3, -0.25) is 5.32 Å². The Kier molecular flexibility index (Phi) is 6.54. The number of hydrogen-bond acceptors (Lipinski definition) is 3. The molecular formula is C14H26N2O. The third-order valence-electron chi connectivity index (χ3n) is 3.77. The number of hydrogen-bond donors (Lipinski definition) is 1. The van der Waals surface area contributed by atoms with Crippen molar-refractivity contribution in [3.05, 3.63) is 0 Å². The lowest BCUT2D eigenvalue weighted by Crippen LogP contribution is -2.47. The molecule has 0 bridgehead atoms. The second kappa shape index (κ2) is 7.68. The van der Waals surface area contributed by atoms with Crippen LogP contribution in [0.2, 0.25) is 0 Å². The van der Waals surface area contributed by atoms with E-state index in [1.807, 2.05) is 0 Å². The zero-order valence-corrected chi connectivity index (χ0v) is 11.3. The first kappa shape index (κ1) is 14.5. The Morgan fingerprint density at radius 1 is 1.41 bits per heavy atom. The normalized spacial score (nSPS) is 28.2. The Bertz CT molecular complexity index is 249. The molecule has 0 aromatic carbocycles. The zero-order valence-electron chi connectivity index (χ0n) is 11.3. The molecule has 98 valence electrons. The molecule has 0 aromatic heterocycles. The molecule has 1 saturated carbocycles. The molecule has 1 aliphatic rings. The van der Waals surface area contributed by atoms with Gasteiger partial charge >= 0.3 is 0 Å². The number of unbranched alkanes of at least 4 members (excludes halogenated alkanes) is 1. The summed E-state index contributed by atoms with van der Waals surface area (Å²) in [6.07, 6.45) is 6.67. The van der Waals surface area contributed by atoms with Crippen molar-refractivity contribution in [2.75, 3.05) is 19.8 Å². The summed E-state index contributed by atoms with van der Waals surface area (Å²) >= 11 is 0. The molecule has 0 saturated heterocycles. The van der Waals surface area contributed by atoms with Crippen LogP contribution >= 0.6 is 0 Å². The molecular weight excluding hydrogens is 212 g/mol. The molecule has 0 aliphatic heterocycles. The molecule has 1 aliphatic carbocycles. The zero-order chi connectivity index (χ0) is 12.6. The van der Waals surface area contributed by atoms with Crippen molar-refractivity contribution >= 4 is 0 Å². The lowest BCUT2D eigenvalue weighted by atomic mass is 9.86. The maximum atomic E-state index is 9.41. The summed E-state index contributed by atoms with van der Waals surface area (Å²) < 4.78 is 5.61. The predicted octanol–water partition coefficient (Wildman–Crippen LogP) is 2.87. The van der Waals surface area contributed by atoms with Gasteiger partial charge in [-0.15, -0.1) is 0 Å². The lowest BCUT2D eigenvalue weighted by Gasteiger charge is -2.29. The molecule has 17 heavy (non-hydrogen) atoms. The van der Waals surface area contributed by atoms with Crippen molar-refractivity contribution in [3.8, 4) is 6.07 Å². The van der Waals surface area contributed by atoms with E-state index in [1.54, 1.807) is 0 Å². The van der Waals surface area contributed by atoms with Gasteiger partial charge in [0.2, 0.25) is 0 Å². The molecule has 3 nitrogen and oxygen atoms in total. The number of rotatable bonds is 8. The summed E-state index contributed by atoms with van der Waals surface area (Å²) in [5.41, 5.74) is -0.275. The highest BCUT2D eigenvalue weighted by Gasteiger charge is 2.42. The number of nitriles is 1. The van der Waals surface area contributed by atoms with Crippen molar-refractivity contribution in [2.24, 2.45) is 5.92 Å². The van der Waals surface area contributed by atoms with Crippen LogP contribution in [0.4, 0.5) is 0 Å². The second-order valence-electron chi connectivity index (χ2n) is 4.96. The Morgan fingerprint density at radius 2 is 2.24 bits per heavy atom. The van der Waals surface area contributed by atoms with Gasteiger partial charge in [0, 0.05) is 13.2 Å². The predicted molar refractivity (Wildman–Crippen MR) is 69.7 cm³/mol. The number of nitrogens with zero attached hydrogens (tertiary/aromatic N) is 1. The minimum absolute atomic E-state index is 0.275. The molecule has 0 radical (unpaired) electrons. The van der Waals surface area contributed by atoms with Crippen molar-refractivity contribution in [1.82, 2.24) is 5.32 Å². The molecule has 2 atom stereocenters. The van der Waals surface area contributed by atoms with E-state index in [-0.39, 0.29) is 5.54 Å². The van der Waals surface area contributed by atoms with Crippen molar-refractivity contribution in [2.45, 2.75) is 57.9 Å². The Hall–Kier alpha value is -0.590. The first-order valence-corrected chi connectivity index (χ1v) is 7.03. The fourth-order valence-electron chi connectivity index (χ4n) is 2.78. The second-order valence-corrected chi connectivity index (χ2v) is 4.96. The van der Waals surface area contributed by atoms with Crippen LogP contribution in [-0.2, 0) is 4.74 Å². The van der Waals surface area contributed by atoms with E-state index in [0.29, 0.717) is 5.92 Å². The molecule has 0 aromatic rings. The summed E-state index contributed by atoms with van der Waals surface area (Å²) in [5.74, 6) is 0.467. The molecule has 1 N–H and O–H groups in total. The highest BCUT2D eigenvalue weighted by Crippen LogP contribution is 2.37. The molecule has 2 unspecified atom stereocenters. The molecule has 0 spiro atoms. The average Bonchev–Trinajstić information content (AvgIpc) is 2.73. The SMILES string of the molecule is CCCCOCCC1CCCC1(C#N)NCC. The van der Waals surface area contributed by atoms with E-state index in [1.165, 1.54) is 12.8 Å². The van der Waals surface area contributed by atoms with E-state index in [2.05, 4.69) is 25.2 Å². The summed E-state index contributed by atoms with van der Waals surface area (Å²) in [6.45, 7) is 6.79. The highest BCUT2D eigenvalue weighted by molar-refractivity contribution is 5.13. The van der Waals surface area contributed by atoms with Crippen molar-refractivity contribution in [3.63, 3.8) is 0 Å². The van der Waals surface area contributed by atoms with Crippen LogP contribution in [0.5, 0.6) is 0 Å². The Labute approximate surface area is 106 Å². The van der Waals surface area contributed by atoms with Crippen LogP contribution in [0.1, 0.15) is 52.4 Å². The standard InChI is InChI=1S/C14H26N2O/c1-3-5-10-17-11-8-13-7-6-9-14(13,12-15)16-4-2/h13,16H,3-11H2,1-2H3. The highest BCUT2D eigenvalue weighted by atomic mass is 16.5. The fourth-order valence-corrected chi connectivity index (χ4v) is 2.78. The van der Waals surface area contributed by atoms with Crippen LogP contribution in [0, 0.1) is 17.2 Å². The Morgan fingerprint density at radius 3 is 2.88 bits per heavy atom. The van der Waals surface area contributed by atoms with Gasteiger partial charge in [0.15, 0.2) is 0 Å². The van der Waals surface area contributed by atoms with Crippen LogP contribution in [-0.4, -0.2) is 25.3 Å². The molecule has 0 amide bonds. The summed E-state index contributed by atoms with van der Waals surface area (Å²) in [7, 11) is 0. The number of nitrogens with one attached hydrogen (secondary N) is 1. The monoisotopic (exact) mass is 238 g/mol. The van der Waals surface area contributed by atoms with Gasteiger partial charge in [0.25, 0.3) is 0 Å². The average molecular weight is 238 g/mol. The minimum atomic E-state index is -0.275. The van der Waals surface area contributed by atoms with Gasteiger partial charge in [-0.25, -0.2) is 0 Å². The summed E-state index contributed by atoms with van der Waals surface area (Å²) in [6, 6.07) is 2.51. The van der Waals surface area contributed by atoms with E-state index in [9.17, 15) is 5.26 Å². The van der Waals surface area contributed by atoms with Crippen LogP contribution in [0.25, 0.3) is 0 Å². The van der Waals surface area contributed by atoms with Gasteiger partial charge < -0.3 is 4.74 Å². The van der Waals surface area contributed by atoms with Gasteiger partial charge in [0.05, 0.1) is 6.07 Å². The minimum Gasteiger partial charge on any atom is -0.381 e. The third kappa shape index (κ3) is 3.97. The molecule has 1 fully saturated rings. The first-order chi connectivity index (χ1) is 8.29. The van der Waals surface area contributed by atoms with Gasteiger partial charge in [-0.1, -0.05) is 26.7 Å². The largest absolute Gasteiger partial charge is 0.381 e. The molecule has 1 rings (SSSR count). The van der Waals surface area contributed by atoms with E-state index >= 15 is 0 Å². The third-order valence-corrected chi connectivity index (χ3v) is 3.77. The van der Waals surface area contributed by atoms with E-state index in [4.69, 9.17) is 4.74 Å². The molecule has 0 heterocycles.